The molecule has 6 N–H and O–H groups in total. The second-order valence-electron chi connectivity index (χ2n) is 4.07. The van der Waals surface area contributed by atoms with E-state index >= 15 is 0 Å². The minimum Gasteiger partial charge on any atom is -0.381 e. The lowest BCUT2D eigenvalue weighted by Gasteiger charge is -2.31. The molecule has 0 bridgehead atoms. The second kappa shape index (κ2) is 7.13. The topological polar surface area (TPSA) is 115 Å². The minimum absolute atomic E-state index is 0.0147. The molecule has 1 fully saturated rings. The second-order valence-corrected chi connectivity index (χ2v) is 4.07. The first-order valence-electron chi connectivity index (χ1n) is 5.32. The van der Waals surface area contributed by atoms with Crippen LogP contribution < -0.4 is 17.7 Å². The lowest BCUT2D eigenvalue weighted by atomic mass is 9.92. The average molecular weight is 235 g/mol. The smallest absolute Gasteiger partial charge is 0.0838 e. The van der Waals surface area contributed by atoms with Crippen molar-refractivity contribution < 1.29 is 19.2 Å². The number of hydrogen-bond donors (Lipinski definition) is 3. The number of rotatable bonds is 4. The zero-order valence-electron chi connectivity index (χ0n) is 9.50. The van der Waals surface area contributed by atoms with Crippen LogP contribution in [0.25, 0.3) is 0 Å². The molecule has 0 aromatic rings. The first-order valence-corrected chi connectivity index (χ1v) is 5.32. The first-order chi connectivity index (χ1) is 7.73. The van der Waals surface area contributed by atoms with Crippen molar-refractivity contribution in [3.05, 3.63) is 0 Å². The molecule has 7 nitrogen and oxygen atoms in total. The fourth-order valence-electron chi connectivity index (χ4n) is 2.08. The molecule has 2 unspecified atom stereocenters. The molecule has 0 aliphatic heterocycles. The van der Waals surface area contributed by atoms with E-state index in [2.05, 4.69) is 0 Å². The van der Waals surface area contributed by atoms with Crippen molar-refractivity contribution in [3.63, 3.8) is 0 Å². The standard InChI is InChI=1S/C9H21N3O4/c1-13-6-2-7(14-10)4-9(16-12)5-8(3-6)15-11/h6-9H,2-5,10-12H2,1H3/t6?,7-,8+,9?. The number of methoxy groups -OCH3 is 1. The van der Waals surface area contributed by atoms with E-state index in [0.29, 0.717) is 25.7 Å². The SMILES string of the molecule is COC1C[C@@H](ON)CC(ON)C[C@@H](ON)C1. The third-order valence-electron chi connectivity index (χ3n) is 3.01. The Balaban J connectivity index is 2.61. The number of ether oxygens (including phenoxy) is 1. The highest BCUT2D eigenvalue weighted by molar-refractivity contribution is 4.80. The molecule has 0 amide bonds. The van der Waals surface area contributed by atoms with Gasteiger partial charge in [-0.15, -0.1) is 0 Å². The monoisotopic (exact) mass is 235 g/mol. The molecule has 1 rings (SSSR count). The van der Waals surface area contributed by atoms with Crippen LogP contribution in [0.2, 0.25) is 0 Å². The van der Waals surface area contributed by atoms with Crippen LogP contribution >= 0.6 is 0 Å². The summed E-state index contributed by atoms with van der Waals surface area (Å²) in [5, 5.41) is 0. The van der Waals surface area contributed by atoms with E-state index in [1.54, 1.807) is 7.11 Å². The van der Waals surface area contributed by atoms with Gasteiger partial charge in [-0.05, 0) is 0 Å². The zero-order valence-corrected chi connectivity index (χ0v) is 9.50. The highest BCUT2D eigenvalue weighted by Gasteiger charge is 2.30. The molecule has 0 radical (unpaired) electrons. The largest absolute Gasteiger partial charge is 0.381 e. The highest BCUT2D eigenvalue weighted by Crippen LogP contribution is 2.24. The van der Waals surface area contributed by atoms with Gasteiger partial charge in [0.2, 0.25) is 0 Å². The molecular weight excluding hydrogens is 214 g/mol. The van der Waals surface area contributed by atoms with E-state index in [0.717, 1.165) is 0 Å². The van der Waals surface area contributed by atoms with Gasteiger partial charge in [-0.3, -0.25) is 0 Å². The molecule has 0 saturated heterocycles. The Labute approximate surface area is 95.0 Å². The van der Waals surface area contributed by atoms with Crippen molar-refractivity contribution in [2.45, 2.75) is 50.1 Å². The van der Waals surface area contributed by atoms with Crippen LogP contribution in [-0.2, 0) is 19.2 Å². The van der Waals surface area contributed by atoms with Crippen molar-refractivity contribution >= 4 is 0 Å². The maximum absolute atomic E-state index is 5.32. The normalized spacial score (nSPS) is 36.8. The summed E-state index contributed by atoms with van der Waals surface area (Å²) in [5.74, 6) is 15.6. The van der Waals surface area contributed by atoms with Crippen molar-refractivity contribution in [2.75, 3.05) is 7.11 Å². The third kappa shape index (κ3) is 3.95. The Kier molecular flexibility index (Phi) is 6.14. The van der Waals surface area contributed by atoms with E-state index in [-0.39, 0.29) is 24.4 Å². The maximum atomic E-state index is 5.32. The van der Waals surface area contributed by atoms with Crippen LogP contribution in [0, 0.1) is 0 Å². The molecule has 1 aliphatic carbocycles. The summed E-state index contributed by atoms with van der Waals surface area (Å²) in [7, 11) is 1.64. The van der Waals surface area contributed by atoms with Crippen LogP contribution in [0.15, 0.2) is 0 Å². The van der Waals surface area contributed by atoms with Crippen LogP contribution in [-0.4, -0.2) is 31.5 Å². The summed E-state index contributed by atoms with van der Waals surface area (Å²) < 4.78 is 5.32. The summed E-state index contributed by atoms with van der Waals surface area (Å²) in [6.45, 7) is 0. The Morgan fingerprint density at radius 3 is 1.25 bits per heavy atom. The van der Waals surface area contributed by atoms with E-state index in [1.165, 1.54) is 0 Å². The van der Waals surface area contributed by atoms with E-state index < -0.39 is 0 Å². The van der Waals surface area contributed by atoms with Gasteiger partial charge in [-0.1, -0.05) is 0 Å². The highest BCUT2D eigenvalue weighted by atomic mass is 16.6. The third-order valence-corrected chi connectivity index (χ3v) is 3.01. The molecule has 0 aromatic carbocycles. The van der Waals surface area contributed by atoms with Crippen molar-refractivity contribution in [3.8, 4) is 0 Å². The number of nitrogens with two attached hydrogens (primary N) is 3. The van der Waals surface area contributed by atoms with Crippen LogP contribution in [0.4, 0.5) is 0 Å². The lowest BCUT2D eigenvalue weighted by Crippen LogP contribution is -2.39. The van der Waals surface area contributed by atoms with E-state index in [1.807, 2.05) is 0 Å². The summed E-state index contributed by atoms with van der Waals surface area (Å²) in [4.78, 5) is 14.6. The Hall–Kier alpha value is -0.280. The summed E-state index contributed by atoms with van der Waals surface area (Å²) >= 11 is 0. The van der Waals surface area contributed by atoms with Gasteiger partial charge in [-0.2, -0.15) is 0 Å². The Bertz CT molecular complexity index is 148. The van der Waals surface area contributed by atoms with Crippen LogP contribution in [0.3, 0.4) is 0 Å². The zero-order chi connectivity index (χ0) is 12.0. The quantitative estimate of drug-likeness (QED) is 0.555. The lowest BCUT2D eigenvalue weighted by molar-refractivity contribution is -0.0966. The molecule has 1 aliphatic rings. The van der Waals surface area contributed by atoms with Crippen molar-refractivity contribution in [2.24, 2.45) is 17.7 Å². The van der Waals surface area contributed by atoms with E-state index in [4.69, 9.17) is 36.9 Å². The summed E-state index contributed by atoms with van der Waals surface area (Å²) in [5.41, 5.74) is 0. The Morgan fingerprint density at radius 2 is 1.00 bits per heavy atom. The average Bonchev–Trinajstić information content (AvgIpc) is 2.29. The predicted molar refractivity (Wildman–Crippen MR) is 56.4 cm³/mol. The number of hydrogen-bond acceptors (Lipinski definition) is 7. The molecule has 1 saturated carbocycles. The maximum Gasteiger partial charge on any atom is 0.0838 e. The minimum atomic E-state index is -0.167. The van der Waals surface area contributed by atoms with Gasteiger partial charge < -0.3 is 19.2 Å². The molecule has 0 heterocycles. The summed E-state index contributed by atoms with van der Waals surface area (Å²) in [6, 6.07) is 0. The van der Waals surface area contributed by atoms with Gasteiger partial charge in [0.05, 0.1) is 24.4 Å². The van der Waals surface area contributed by atoms with Crippen LogP contribution in [0.5, 0.6) is 0 Å². The van der Waals surface area contributed by atoms with Gasteiger partial charge in [0.1, 0.15) is 0 Å². The first kappa shape index (κ1) is 13.8. The van der Waals surface area contributed by atoms with Gasteiger partial charge >= 0.3 is 0 Å². The van der Waals surface area contributed by atoms with Gasteiger partial charge in [0.15, 0.2) is 0 Å². The van der Waals surface area contributed by atoms with Gasteiger partial charge in [0, 0.05) is 32.8 Å². The van der Waals surface area contributed by atoms with Crippen LogP contribution in [0.1, 0.15) is 25.7 Å². The molecule has 96 valence electrons. The van der Waals surface area contributed by atoms with Gasteiger partial charge in [0.25, 0.3) is 0 Å². The molecule has 0 aromatic heterocycles. The Morgan fingerprint density at radius 1 is 0.688 bits per heavy atom. The molecule has 0 spiro atoms. The predicted octanol–water partition coefficient (Wildman–Crippen LogP) is -0.648. The fourth-order valence-corrected chi connectivity index (χ4v) is 2.08. The van der Waals surface area contributed by atoms with E-state index in [9.17, 15) is 0 Å². The fraction of sp³-hybridized carbons (Fsp3) is 1.00. The molecular formula is C9H21N3O4. The summed E-state index contributed by atoms with van der Waals surface area (Å²) in [6.07, 6.45) is 2.15. The molecule has 4 atom stereocenters. The molecule has 7 heteroatoms. The van der Waals surface area contributed by atoms with Gasteiger partial charge in [-0.25, -0.2) is 17.7 Å². The molecule has 16 heavy (non-hydrogen) atoms. The van der Waals surface area contributed by atoms with Crippen molar-refractivity contribution in [1.82, 2.24) is 0 Å². The van der Waals surface area contributed by atoms with Crippen molar-refractivity contribution in [1.29, 1.82) is 0 Å².